The molecule has 2 atom stereocenters. The minimum atomic E-state index is -0.0879. The average Bonchev–Trinajstić information content (AvgIpc) is 3.57. The summed E-state index contributed by atoms with van der Waals surface area (Å²) in [6.45, 7) is 27.1. The first-order chi connectivity index (χ1) is 23.0. The first kappa shape index (κ1) is 30.1. The maximum Gasteiger partial charge on any atom is 0.252 e. The molecule has 1 saturated carbocycles. The normalized spacial score (nSPS) is 23.7. The molecule has 5 aliphatic rings. The molecule has 2 unspecified atom stereocenters. The van der Waals surface area contributed by atoms with Gasteiger partial charge in [0.1, 0.15) is 0 Å². The molecule has 2 aliphatic carbocycles. The molecule has 10 rings (SSSR count). The van der Waals surface area contributed by atoms with Crippen molar-refractivity contribution in [2.24, 2.45) is 0 Å². The Hall–Kier alpha value is -3.72. The van der Waals surface area contributed by atoms with Gasteiger partial charge in [0.05, 0.1) is 11.2 Å². The Balaban J connectivity index is 1.43. The van der Waals surface area contributed by atoms with Crippen molar-refractivity contribution in [1.82, 2.24) is 4.57 Å². The lowest BCUT2D eigenvalue weighted by molar-refractivity contribution is 0.195. The number of nitrogens with zero attached hydrogens (tertiary/aromatic N) is 2. The van der Waals surface area contributed by atoms with Crippen LogP contribution in [0.5, 0.6) is 0 Å². The van der Waals surface area contributed by atoms with Crippen LogP contribution in [-0.2, 0) is 21.7 Å². The third kappa shape index (κ3) is 3.37. The van der Waals surface area contributed by atoms with Crippen molar-refractivity contribution >= 4 is 45.4 Å². The zero-order chi connectivity index (χ0) is 34.4. The summed E-state index contributed by atoms with van der Waals surface area (Å²) in [4.78, 5) is 2.89. The van der Waals surface area contributed by atoms with Gasteiger partial charge in [-0.15, -0.1) is 0 Å². The summed E-state index contributed by atoms with van der Waals surface area (Å²) in [5.74, 6) is 0. The third-order valence-corrected chi connectivity index (χ3v) is 14.2. The Bertz CT molecular complexity index is 2340. The summed E-state index contributed by atoms with van der Waals surface area (Å²) in [6.07, 6.45) is 5.09. The van der Waals surface area contributed by atoms with Crippen LogP contribution in [0.3, 0.4) is 0 Å². The quantitative estimate of drug-likeness (QED) is 0.150. The molecule has 4 heterocycles. The molecule has 49 heavy (non-hydrogen) atoms. The van der Waals surface area contributed by atoms with Gasteiger partial charge >= 0.3 is 0 Å². The van der Waals surface area contributed by atoms with E-state index < -0.39 is 0 Å². The van der Waals surface area contributed by atoms with Crippen molar-refractivity contribution in [3.05, 3.63) is 94.0 Å². The number of aryl methyl sites for hydroxylation is 1. The van der Waals surface area contributed by atoms with E-state index in [2.05, 4.69) is 146 Å². The highest BCUT2D eigenvalue weighted by Gasteiger charge is 2.61. The minimum Gasteiger partial charge on any atom is -0.335 e. The fourth-order valence-electron chi connectivity index (χ4n) is 11.4. The second-order valence-corrected chi connectivity index (χ2v) is 19.5. The summed E-state index contributed by atoms with van der Waals surface area (Å²) in [5.41, 5.74) is 22.2. The molecule has 3 heteroatoms. The monoisotopic (exact) mass is 642 g/mol. The summed E-state index contributed by atoms with van der Waals surface area (Å²) < 4.78 is 2.74. The Kier molecular flexibility index (Phi) is 5.39. The highest BCUT2D eigenvalue weighted by atomic mass is 15.3. The van der Waals surface area contributed by atoms with E-state index in [4.69, 9.17) is 0 Å². The zero-order valence-electron chi connectivity index (χ0n) is 31.6. The molecular weight excluding hydrogens is 591 g/mol. The van der Waals surface area contributed by atoms with Crippen molar-refractivity contribution in [1.29, 1.82) is 0 Å². The van der Waals surface area contributed by atoms with E-state index in [0.717, 1.165) is 0 Å². The van der Waals surface area contributed by atoms with Gasteiger partial charge in [-0.1, -0.05) is 118 Å². The molecule has 0 radical (unpaired) electrons. The number of fused-ring (bicyclic) bond motifs is 12. The maximum absolute atomic E-state index is 2.89. The van der Waals surface area contributed by atoms with Gasteiger partial charge in [0.25, 0.3) is 6.71 Å². The van der Waals surface area contributed by atoms with Crippen LogP contribution in [0.2, 0.25) is 0 Å². The molecule has 1 aromatic heterocycles. The topological polar surface area (TPSA) is 8.17 Å². The van der Waals surface area contributed by atoms with E-state index in [-0.39, 0.29) is 33.9 Å². The van der Waals surface area contributed by atoms with Gasteiger partial charge in [-0.3, -0.25) is 0 Å². The van der Waals surface area contributed by atoms with Crippen LogP contribution in [0.25, 0.3) is 27.8 Å². The van der Waals surface area contributed by atoms with Crippen LogP contribution in [0.1, 0.15) is 128 Å². The SMILES string of the molecule is Cc1cc2c3c(c1)-n1c4c(c5cc(C(C)(C)C)cc(c51)B3c1cc(C(C)(C)C)cc3c1N2C1(C)CCCCC31C)C(C)(C)c1ccccc1-4. The summed E-state index contributed by atoms with van der Waals surface area (Å²) >= 11 is 0. The van der Waals surface area contributed by atoms with Crippen molar-refractivity contribution in [3.63, 3.8) is 0 Å². The number of rotatable bonds is 0. The predicted molar refractivity (Wildman–Crippen MR) is 210 cm³/mol. The molecule has 0 N–H and O–H groups in total. The van der Waals surface area contributed by atoms with Crippen molar-refractivity contribution in [2.45, 2.75) is 129 Å². The maximum atomic E-state index is 2.89. The molecule has 0 saturated heterocycles. The molecule has 3 aliphatic heterocycles. The van der Waals surface area contributed by atoms with Crippen LogP contribution in [-0.4, -0.2) is 16.8 Å². The average molecular weight is 643 g/mol. The number of hydrogen-bond acceptors (Lipinski definition) is 1. The van der Waals surface area contributed by atoms with Crippen LogP contribution in [0.4, 0.5) is 11.4 Å². The number of anilines is 2. The first-order valence-electron chi connectivity index (χ1n) is 19.0. The lowest BCUT2D eigenvalue weighted by Gasteiger charge is -2.52. The first-order valence-corrected chi connectivity index (χ1v) is 19.0. The fraction of sp³-hybridized carbons (Fsp3) is 0.435. The van der Waals surface area contributed by atoms with Crippen molar-refractivity contribution < 1.29 is 0 Å². The van der Waals surface area contributed by atoms with Gasteiger partial charge in [-0.2, -0.15) is 0 Å². The summed E-state index contributed by atoms with van der Waals surface area (Å²) in [6, 6.07) is 24.8. The molecule has 5 aromatic rings. The van der Waals surface area contributed by atoms with Gasteiger partial charge in [0.2, 0.25) is 0 Å². The molecule has 248 valence electrons. The fourth-order valence-corrected chi connectivity index (χ4v) is 11.4. The standard InChI is InChI=1S/C46H51BN2/c1-26-20-35-38-36(21-26)49-41-32(45(10)18-14-15-19-46(45,49)11)23-28(43(5,6)7)25-34(41)47(38)33-24-27(42(2,3)4)22-30-37-40(48(35)39(30)33)29-16-12-13-17-31(29)44(37,8)9/h12-13,16-17,20-25H,14-15,18-19H2,1-11H3. The summed E-state index contributed by atoms with van der Waals surface area (Å²) in [7, 11) is 0. The number of hydrogen-bond donors (Lipinski definition) is 0. The van der Waals surface area contributed by atoms with Gasteiger partial charge < -0.3 is 9.47 Å². The van der Waals surface area contributed by atoms with E-state index >= 15 is 0 Å². The predicted octanol–water partition coefficient (Wildman–Crippen LogP) is 9.73. The smallest absolute Gasteiger partial charge is 0.252 e. The highest BCUT2D eigenvalue weighted by Crippen LogP contribution is 2.62. The largest absolute Gasteiger partial charge is 0.335 e. The van der Waals surface area contributed by atoms with Crippen LogP contribution in [0.15, 0.2) is 60.7 Å². The molecule has 1 fully saturated rings. The lowest BCUT2D eigenvalue weighted by atomic mass is 9.33. The number of benzene rings is 4. The van der Waals surface area contributed by atoms with E-state index in [1.165, 1.54) is 109 Å². The minimum absolute atomic E-state index is 0.0253. The van der Waals surface area contributed by atoms with Gasteiger partial charge in [-0.05, 0) is 105 Å². The molecule has 0 amide bonds. The van der Waals surface area contributed by atoms with Crippen LogP contribution in [0, 0.1) is 6.92 Å². The van der Waals surface area contributed by atoms with E-state index in [1.807, 2.05) is 0 Å². The molecule has 2 nitrogen and oxygen atoms in total. The second-order valence-electron chi connectivity index (χ2n) is 19.5. The number of aromatic nitrogens is 1. The Labute approximate surface area is 294 Å². The molecule has 0 spiro atoms. The Morgan fingerprint density at radius 3 is 2.10 bits per heavy atom. The highest BCUT2D eigenvalue weighted by molar-refractivity contribution is 7.00. The Morgan fingerprint density at radius 2 is 1.37 bits per heavy atom. The van der Waals surface area contributed by atoms with Gasteiger partial charge in [-0.25, -0.2) is 0 Å². The van der Waals surface area contributed by atoms with Crippen molar-refractivity contribution in [3.8, 4) is 16.9 Å². The molecule has 0 bridgehead atoms. The van der Waals surface area contributed by atoms with Gasteiger partial charge in [0, 0.05) is 44.4 Å². The zero-order valence-corrected chi connectivity index (χ0v) is 31.6. The van der Waals surface area contributed by atoms with E-state index in [0.29, 0.717) is 0 Å². The summed E-state index contributed by atoms with van der Waals surface area (Å²) in [5, 5.41) is 1.45. The third-order valence-electron chi connectivity index (χ3n) is 14.2. The van der Waals surface area contributed by atoms with Crippen LogP contribution < -0.4 is 21.3 Å². The van der Waals surface area contributed by atoms with Crippen LogP contribution >= 0.6 is 0 Å². The molecule has 4 aromatic carbocycles. The van der Waals surface area contributed by atoms with E-state index in [1.54, 1.807) is 5.56 Å². The van der Waals surface area contributed by atoms with Gasteiger partial charge in [0.15, 0.2) is 0 Å². The Morgan fingerprint density at radius 1 is 0.714 bits per heavy atom. The second kappa shape index (κ2) is 8.77. The lowest BCUT2D eigenvalue weighted by Crippen LogP contribution is -2.64. The molecular formula is C46H51BN2. The van der Waals surface area contributed by atoms with E-state index in [9.17, 15) is 0 Å². The van der Waals surface area contributed by atoms with Crippen molar-refractivity contribution in [2.75, 3.05) is 4.90 Å².